The maximum Gasteiger partial charge on any atom is 0.255 e. The van der Waals surface area contributed by atoms with Crippen LogP contribution in [0.2, 0.25) is 0 Å². The molecule has 29 heavy (non-hydrogen) atoms. The minimum atomic E-state index is -0.217. The van der Waals surface area contributed by atoms with Crippen LogP contribution in [0.25, 0.3) is 0 Å². The fourth-order valence-corrected chi connectivity index (χ4v) is 2.72. The maximum atomic E-state index is 12.6. The van der Waals surface area contributed by atoms with Crippen molar-refractivity contribution in [2.45, 2.75) is 26.9 Å². The fraction of sp³-hybridized carbons (Fsp3) is 0.217. The molecule has 6 nitrogen and oxygen atoms in total. The van der Waals surface area contributed by atoms with Crippen LogP contribution in [0.4, 0.5) is 17.2 Å². The van der Waals surface area contributed by atoms with Crippen molar-refractivity contribution in [3.05, 3.63) is 72.4 Å². The van der Waals surface area contributed by atoms with Gasteiger partial charge >= 0.3 is 0 Å². The molecule has 0 bridgehead atoms. The van der Waals surface area contributed by atoms with E-state index < -0.39 is 0 Å². The number of pyridine rings is 1. The fourth-order valence-electron chi connectivity index (χ4n) is 2.72. The minimum Gasteiger partial charge on any atom is -0.492 e. The van der Waals surface area contributed by atoms with Gasteiger partial charge in [-0.15, -0.1) is 0 Å². The lowest BCUT2D eigenvalue weighted by atomic mass is 10.2. The summed E-state index contributed by atoms with van der Waals surface area (Å²) < 4.78 is 11.2. The van der Waals surface area contributed by atoms with Crippen molar-refractivity contribution in [3.63, 3.8) is 0 Å². The van der Waals surface area contributed by atoms with Crippen molar-refractivity contribution in [3.8, 4) is 11.5 Å². The highest BCUT2D eigenvalue weighted by atomic mass is 16.5. The lowest BCUT2D eigenvalue weighted by Gasteiger charge is -2.13. The van der Waals surface area contributed by atoms with Crippen LogP contribution in [0.1, 0.15) is 31.1 Å². The third-order valence-corrected chi connectivity index (χ3v) is 3.96. The van der Waals surface area contributed by atoms with E-state index in [-0.39, 0.29) is 12.0 Å². The zero-order chi connectivity index (χ0) is 20.6. The Hall–Kier alpha value is -3.54. The number of hydrogen-bond donors (Lipinski definition) is 2. The Morgan fingerprint density at radius 3 is 2.55 bits per heavy atom. The summed E-state index contributed by atoms with van der Waals surface area (Å²) in [6.07, 6.45) is 1.70. The second-order valence-corrected chi connectivity index (χ2v) is 6.63. The summed E-state index contributed by atoms with van der Waals surface area (Å²) in [4.78, 5) is 16.9. The van der Waals surface area contributed by atoms with Crippen LogP contribution in [0.15, 0.2) is 66.9 Å². The van der Waals surface area contributed by atoms with E-state index >= 15 is 0 Å². The van der Waals surface area contributed by atoms with Gasteiger partial charge in [-0.1, -0.05) is 12.1 Å². The van der Waals surface area contributed by atoms with E-state index in [9.17, 15) is 4.79 Å². The van der Waals surface area contributed by atoms with Crippen molar-refractivity contribution in [1.29, 1.82) is 0 Å². The first kappa shape index (κ1) is 20.2. The molecule has 150 valence electrons. The topological polar surface area (TPSA) is 72.5 Å². The normalized spacial score (nSPS) is 10.5. The zero-order valence-corrected chi connectivity index (χ0v) is 16.8. The second kappa shape index (κ2) is 9.59. The van der Waals surface area contributed by atoms with Crippen molar-refractivity contribution in [2.24, 2.45) is 0 Å². The molecule has 1 aromatic heterocycles. The molecule has 1 heterocycles. The number of hydrogen-bond acceptors (Lipinski definition) is 5. The van der Waals surface area contributed by atoms with Crippen LogP contribution < -0.4 is 20.1 Å². The highest BCUT2D eigenvalue weighted by Crippen LogP contribution is 2.27. The molecular formula is C23H25N3O3. The summed E-state index contributed by atoms with van der Waals surface area (Å²) in [5.74, 6) is 1.84. The number of ether oxygens (including phenoxy) is 2. The van der Waals surface area contributed by atoms with E-state index in [4.69, 9.17) is 9.47 Å². The van der Waals surface area contributed by atoms with Gasteiger partial charge in [-0.25, -0.2) is 4.98 Å². The highest BCUT2D eigenvalue weighted by molar-refractivity contribution is 6.04. The summed E-state index contributed by atoms with van der Waals surface area (Å²) in [6.45, 7) is 6.44. The number of nitrogens with zero attached hydrogens (tertiary/aromatic N) is 1. The number of carbonyl (C=O) groups is 1. The number of benzene rings is 2. The molecular weight excluding hydrogens is 366 g/mol. The van der Waals surface area contributed by atoms with Gasteiger partial charge in [0.05, 0.1) is 18.4 Å². The number of carbonyl (C=O) groups excluding carboxylic acids is 1. The molecule has 3 aromatic rings. The average Bonchev–Trinajstić information content (AvgIpc) is 2.71. The van der Waals surface area contributed by atoms with Gasteiger partial charge in [0.15, 0.2) is 0 Å². The average molecular weight is 391 g/mol. The molecule has 6 heteroatoms. The number of nitrogens with one attached hydrogen (secondary N) is 2. The monoisotopic (exact) mass is 391 g/mol. The highest BCUT2D eigenvalue weighted by Gasteiger charge is 2.10. The van der Waals surface area contributed by atoms with Crippen molar-refractivity contribution >= 4 is 23.1 Å². The van der Waals surface area contributed by atoms with Crippen LogP contribution in [-0.2, 0) is 0 Å². The van der Waals surface area contributed by atoms with Crippen LogP contribution in [0, 0.1) is 0 Å². The molecule has 0 aliphatic heterocycles. The molecule has 1 amide bonds. The quantitative estimate of drug-likeness (QED) is 0.548. The molecule has 3 rings (SSSR count). The molecule has 0 unspecified atom stereocenters. The van der Waals surface area contributed by atoms with Gasteiger partial charge in [0.1, 0.15) is 17.3 Å². The lowest BCUT2D eigenvalue weighted by Crippen LogP contribution is -2.12. The second-order valence-electron chi connectivity index (χ2n) is 6.63. The first-order chi connectivity index (χ1) is 14.0. The smallest absolute Gasteiger partial charge is 0.255 e. The predicted octanol–water partition coefficient (Wildman–Crippen LogP) is 5.26. The van der Waals surface area contributed by atoms with E-state index in [2.05, 4.69) is 15.6 Å². The molecule has 0 atom stereocenters. The van der Waals surface area contributed by atoms with Gasteiger partial charge in [0.25, 0.3) is 5.91 Å². The number of amides is 1. The van der Waals surface area contributed by atoms with Crippen molar-refractivity contribution in [1.82, 2.24) is 4.98 Å². The van der Waals surface area contributed by atoms with Gasteiger partial charge < -0.3 is 20.1 Å². The Bertz CT molecular complexity index is 956. The van der Waals surface area contributed by atoms with Gasteiger partial charge in [-0.2, -0.15) is 0 Å². The van der Waals surface area contributed by atoms with Gasteiger partial charge in [-0.3, -0.25) is 4.79 Å². The van der Waals surface area contributed by atoms with Crippen LogP contribution in [0.3, 0.4) is 0 Å². The first-order valence-corrected chi connectivity index (χ1v) is 9.58. The van der Waals surface area contributed by atoms with Gasteiger partial charge in [-0.05, 0) is 69.3 Å². The zero-order valence-electron chi connectivity index (χ0n) is 16.8. The number of aromatic nitrogens is 1. The molecule has 2 N–H and O–H groups in total. The number of para-hydroxylation sites is 2. The van der Waals surface area contributed by atoms with Crippen LogP contribution in [-0.4, -0.2) is 23.6 Å². The minimum absolute atomic E-state index is 0.103. The standard InChI is InChI=1S/C23H25N3O3/c1-4-28-21-8-6-5-7-20(21)26-22-15-17(13-14-24-22)23(27)25-18-9-11-19(12-10-18)29-16(2)3/h5-16H,4H2,1-3H3,(H,24,26)(H,25,27). The van der Waals surface area contributed by atoms with E-state index in [1.807, 2.05) is 69.3 Å². The Labute approximate surface area is 170 Å². The molecule has 0 saturated heterocycles. The largest absolute Gasteiger partial charge is 0.492 e. The van der Waals surface area contributed by atoms with Gasteiger partial charge in [0.2, 0.25) is 0 Å². The number of rotatable bonds is 8. The summed E-state index contributed by atoms with van der Waals surface area (Å²) in [5, 5.41) is 6.10. The third-order valence-electron chi connectivity index (χ3n) is 3.96. The van der Waals surface area contributed by atoms with Crippen molar-refractivity contribution < 1.29 is 14.3 Å². The van der Waals surface area contributed by atoms with E-state index in [0.717, 1.165) is 17.2 Å². The van der Waals surface area contributed by atoms with Crippen LogP contribution >= 0.6 is 0 Å². The summed E-state index contributed by atoms with van der Waals surface area (Å²) in [6, 6.07) is 18.3. The molecule has 2 aromatic carbocycles. The predicted molar refractivity (Wildman–Crippen MR) is 115 cm³/mol. The van der Waals surface area contributed by atoms with Gasteiger partial charge in [0, 0.05) is 17.4 Å². The van der Waals surface area contributed by atoms with Crippen molar-refractivity contribution in [2.75, 3.05) is 17.2 Å². The van der Waals surface area contributed by atoms with E-state index in [1.54, 1.807) is 18.3 Å². The Balaban J connectivity index is 1.70. The number of anilines is 3. The molecule has 0 fully saturated rings. The lowest BCUT2D eigenvalue weighted by molar-refractivity contribution is 0.102. The van der Waals surface area contributed by atoms with E-state index in [0.29, 0.717) is 23.7 Å². The SMILES string of the molecule is CCOc1ccccc1Nc1cc(C(=O)Nc2ccc(OC(C)C)cc2)ccn1. The van der Waals surface area contributed by atoms with Crippen LogP contribution in [0.5, 0.6) is 11.5 Å². The molecule has 0 spiro atoms. The summed E-state index contributed by atoms with van der Waals surface area (Å²) >= 11 is 0. The summed E-state index contributed by atoms with van der Waals surface area (Å²) in [5.41, 5.74) is 1.98. The Kier molecular flexibility index (Phi) is 6.68. The molecule has 0 radical (unpaired) electrons. The Morgan fingerprint density at radius 2 is 1.83 bits per heavy atom. The molecule has 0 aliphatic rings. The molecule has 0 saturated carbocycles. The summed E-state index contributed by atoms with van der Waals surface area (Å²) in [7, 11) is 0. The van der Waals surface area contributed by atoms with E-state index in [1.165, 1.54) is 0 Å². The Morgan fingerprint density at radius 1 is 1.07 bits per heavy atom. The first-order valence-electron chi connectivity index (χ1n) is 9.58. The maximum absolute atomic E-state index is 12.6. The molecule has 0 aliphatic carbocycles. The third kappa shape index (κ3) is 5.72.